The molecule has 2 heteroatoms. The molecule has 1 radical (unpaired) electrons. The van der Waals surface area contributed by atoms with E-state index in [0.717, 1.165) is 25.7 Å². The highest BCUT2D eigenvalue weighted by Crippen LogP contribution is 2.20. The standard InChI is InChI=1S/C19H35O2/c1-2-3-4-5-6-7-8-9-14-17-19(20)21-18-15-12-10-11-13-16-18/h17-18H,2-16H2,1H3. The summed E-state index contributed by atoms with van der Waals surface area (Å²) in [7, 11) is 0. The van der Waals surface area contributed by atoms with Crippen molar-refractivity contribution in [1.29, 1.82) is 0 Å². The second kappa shape index (κ2) is 13.2. The Bertz CT molecular complexity index is 242. The van der Waals surface area contributed by atoms with E-state index in [-0.39, 0.29) is 12.1 Å². The molecule has 0 aliphatic heterocycles. The quantitative estimate of drug-likeness (QED) is 0.266. The van der Waals surface area contributed by atoms with Gasteiger partial charge in [0.1, 0.15) is 6.10 Å². The second-order valence-electron chi connectivity index (χ2n) is 6.52. The van der Waals surface area contributed by atoms with E-state index in [1.807, 2.05) is 0 Å². The van der Waals surface area contributed by atoms with Crippen LogP contribution in [0.25, 0.3) is 0 Å². The summed E-state index contributed by atoms with van der Waals surface area (Å²) in [5, 5.41) is 0. The molecule has 0 amide bonds. The predicted octanol–water partition coefficient (Wildman–Crippen LogP) is 5.99. The number of esters is 1. The van der Waals surface area contributed by atoms with Crippen LogP contribution in [0, 0.1) is 6.42 Å². The monoisotopic (exact) mass is 295 g/mol. The number of unbranched alkanes of at least 4 members (excludes halogenated alkanes) is 8. The largest absolute Gasteiger partial charge is 0.462 e. The van der Waals surface area contributed by atoms with Gasteiger partial charge >= 0.3 is 5.97 Å². The van der Waals surface area contributed by atoms with Gasteiger partial charge in [0.2, 0.25) is 0 Å². The van der Waals surface area contributed by atoms with Crippen molar-refractivity contribution in [3.05, 3.63) is 6.42 Å². The van der Waals surface area contributed by atoms with Gasteiger partial charge in [-0.25, -0.2) is 0 Å². The SMILES string of the molecule is CCCCCCCCCC[CH]C(=O)OC1CCCCCC1. The van der Waals surface area contributed by atoms with Gasteiger partial charge in [-0.3, -0.25) is 4.79 Å². The molecule has 1 rings (SSSR count). The first kappa shape index (κ1) is 18.5. The Kier molecular flexibility index (Phi) is 11.6. The molecule has 1 saturated carbocycles. The van der Waals surface area contributed by atoms with Crippen LogP contribution in [-0.2, 0) is 9.53 Å². The lowest BCUT2D eigenvalue weighted by molar-refractivity contribution is -0.145. The van der Waals surface area contributed by atoms with Gasteiger partial charge in [0.15, 0.2) is 0 Å². The zero-order valence-corrected chi connectivity index (χ0v) is 14.1. The molecule has 0 bridgehead atoms. The molecule has 0 atom stereocenters. The fourth-order valence-electron chi connectivity index (χ4n) is 3.07. The van der Waals surface area contributed by atoms with E-state index in [1.165, 1.54) is 70.6 Å². The minimum Gasteiger partial charge on any atom is -0.462 e. The van der Waals surface area contributed by atoms with Crippen molar-refractivity contribution in [2.24, 2.45) is 0 Å². The van der Waals surface area contributed by atoms with Gasteiger partial charge in [-0.15, -0.1) is 0 Å². The molecule has 2 nitrogen and oxygen atoms in total. The van der Waals surface area contributed by atoms with Crippen LogP contribution in [-0.4, -0.2) is 12.1 Å². The number of ether oxygens (including phenoxy) is 1. The number of carbonyl (C=O) groups is 1. The predicted molar refractivity (Wildman–Crippen MR) is 89.1 cm³/mol. The summed E-state index contributed by atoms with van der Waals surface area (Å²) in [5.74, 6) is -0.0788. The Morgan fingerprint density at radius 1 is 0.905 bits per heavy atom. The molecular formula is C19H35O2. The summed E-state index contributed by atoms with van der Waals surface area (Å²) in [4.78, 5) is 11.8. The number of carbonyl (C=O) groups excluding carboxylic acids is 1. The van der Waals surface area contributed by atoms with Crippen molar-refractivity contribution in [3.63, 3.8) is 0 Å². The van der Waals surface area contributed by atoms with Crippen molar-refractivity contribution in [3.8, 4) is 0 Å². The van der Waals surface area contributed by atoms with E-state index in [0.29, 0.717) is 0 Å². The van der Waals surface area contributed by atoms with Crippen molar-refractivity contribution in [1.82, 2.24) is 0 Å². The van der Waals surface area contributed by atoms with Crippen molar-refractivity contribution >= 4 is 5.97 Å². The van der Waals surface area contributed by atoms with Gasteiger partial charge in [0.05, 0.1) is 6.42 Å². The van der Waals surface area contributed by atoms with Crippen LogP contribution in [0.5, 0.6) is 0 Å². The zero-order valence-electron chi connectivity index (χ0n) is 14.1. The Morgan fingerprint density at radius 3 is 2.10 bits per heavy atom. The van der Waals surface area contributed by atoms with Gasteiger partial charge in [0, 0.05) is 0 Å². The third-order valence-corrected chi connectivity index (χ3v) is 4.45. The average Bonchev–Trinajstić information content (AvgIpc) is 2.74. The van der Waals surface area contributed by atoms with Crippen molar-refractivity contribution in [2.45, 2.75) is 109 Å². The minimum atomic E-state index is -0.0788. The molecule has 0 aromatic heterocycles. The molecule has 1 aliphatic carbocycles. The van der Waals surface area contributed by atoms with E-state index in [1.54, 1.807) is 6.42 Å². The topological polar surface area (TPSA) is 26.3 Å². The first-order valence-electron chi connectivity index (χ1n) is 9.36. The van der Waals surface area contributed by atoms with Crippen molar-refractivity contribution < 1.29 is 9.53 Å². The molecule has 123 valence electrons. The number of hydrogen-bond donors (Lipinski definition) is 0. The maximum Gasteiger partial charge on any atom is 0.310 e. The third kappa shape index (κ3) is 10.8. The summed E-state index contributed by atoms with van der Waals surface area (Å²) < 4.78 is 5.55. The summed E-state index contributed by atoms with van der Waals surface area (Å²) in [6, 6.07) is 0. The maximum atomic E-state index is 11.8. The van der Waals surface area contributed by atoms with E-state index in [2.05, 4.69) is 6.92 Å². The summed E-state index contributed by atoms with van der Waals surface area (Å²) in [6.07, 6.45) is 20.5. The Balaban J connectivity index is 1.88. The third-order valence-electron chi connectivity index (χ3n) is 4.45. The van der Waals surface area contributed by atoms with Crippen LogP contribution in [0.2, 0.25) is 0 Å². The molecule has 1 fully saturated rings. The summed E-state index contributed by atoms with van der Waals surface area (Å²) in [5.41, 5.74) is 0. The number of rotatable bonds is 11. The van der Waals surface area contributed by atoms with E-state index < -0.39 is 0 Å². The van der Waals surface area contributed by atoms with Gasteiger partial charge in [-0.2, -0.15) is 0 Å². The molecule has 0 spiro atoms. The number of hydrogen-bond acceptors (Lipinski definition) is 2. The first-order chi connectivity index (χ1) is 10.3. The normalized spacial score (nSPS) is 16.6. The second-order valence-corrected chi connectivity index (χ2v) is 6.52. The molecule has 0 aromatic rings. The van der Waals surface area contributed by atoms with Crippen LogP contribution < -0.4 is 0 Å². The van der Waals surface area contributed by atoms with Gasteiger partial charge < -0.3 is 4.74 Å². The zero-order chi connectivity index (χ0) is 15.2. The molecule has 0 heterocycles. The Labute approximate surface area is 132 Å². The van der Waals surface area contributed by atoms with Crippen LogP contribution in [0.15, 0.2) is 0 Å². The maximum absolute atomic E-state index is 11.8. The lowest BCUT2D eigenvalue weighted by Gasteiger charge is -2.15. The Morgan fingerprint density at radius 2 is 1.48 bits per heavy atom. The molecule has 0 saturated heterocycles. The smallest absolute Gasteiger partial charge is 0.310 e. The Hall–Kier alpha value is -0.530. The van der Waals surface area contributed by atoms with Gasteiger partial charge in [-0.1, -0.05) is 71.1 Å². The van der Waals surface area contributed by atoms with Crippen LogP contribution >= 0.6 is 0 Å². The van der Waals surface area contributed by atoms with Crippen molar-refractivity contribution in [2.75, 3.05) is 0 Å². The molecule has 1 aliphatic rings. The van der Waals surface area contributed by atoms with Gasteiger partial charge in [0.25, 0.3) is 0 Å². The van der Waals surface area contributed by atoms with E-state index in [9.17, 15) is 4.79 Å². The van der Waals surface area contributed by atoms with Crippen LogP contribution in [0.4, 0.5) is 0 Å². The van der Waals surface area contributed by atoms with Crippen LogP contribution in [0.1, 0.15) is 103 Å². The van der Waals surface area contributed by atoms with E-state index >= 15 is 0 Å². The molecule has 0 aromatic carbocycles. The molecule has 21 heavy (non-hydrogen) atoms. The lowest BCUT2D eigenvalue weighted by Crippen LogP contribution is -2.17. The minimum absolute atomic E-state index is 0.0788. The lowest BCUT2D eigenvalue weighted by atomic mass is 10.1. The van der Waals surface area contributed by atoms with Crippen LogP contribution in [0.3, 0.4) is 0 Å². The summed E-state index contributed by atoms with van der Waals surface area (Å²) >= 11 is 0. The highest BCUT2D eigenvalue weighted by atomic mass is 16.5. The first-order valence-corrected chi connectivity index (χ1v) is 9.36. The highest BCUT2D eigenvalue weighted by Gasteiger charge is 2.16. The average molecular weight is 295 g/mol. The van der Waals surface area contributed by atoms with Gasteiger partial charge in [-0.05, 0) is 32.1 Å². The molecule has 0 unspecified atom stereocenters. The van der Waals surface area contributed by atoms with E-state index in [4.69, 9.17) is 4.74 Å². The molecule has 0 N–H and O–H groups in total. The molecular weight excluding hydrogens is 260 g/mol. The summed E-state index contributed by atoms with van der Waals surface area (Å²) in [6.45, 7) is 2.25. The fourth-order valence-corrected chi connectivity index (χ4v) is 3.07. The fraction of sp³-hybridized carbons (Fsp3) is 0.895. The highest BCUT2D eigenvalue weighted by molar-refractivity contribution is 5.78.